The van der Waals surface area contributed by atoms with Crippen LogP contribution in [0.15, 0.2) is 120 Å². The highest BCUT2D eigenvalue weighted by molar-refractivity contribution is 5.96. The number of carbonyl (C=O) groups is 1. The van der Waals surface area contributed by atoms with Crippen LogP contribution in [-0.4, -0.2) is 15.9 Å². The predicted octanol–water partition coefficient (Wildman–Crippen LogP) is 5.94. The Kier molecular flexibility index (Phi) is 5.21. The molecule has 0 unspecified atom stereocenters. The molecule has 0 fully saturated rings. The molecule has 2 heterocycles. The first-order valence-corrected chi connectivity index (χ1v) is 10.3. The van der Waals surface area contributed by atoms with E-state index < -0.39 is 0 Å². The van der Waals surface area contributed by atoms with Crippen molar-refractivity contribution in [1.29, 1.82) is 0 Å². The molecule has 0 spiro atoms. The average Bonchev–Trinajstić information content (AvgIpc) is 3.49. The van der Waals surface area contributed by atoms with Crippen LogP contribution >= 0.6 is 0 Å². The third kappa shape index (κ3) is 3.81. The summed E-state index contributed by atoms with van der Waals surface area (Å²) in [4.78, 5) is 13.5. The van der Waals surface area contributed by atoms with E-state index in [0.717, 1.165) is 22.5 Å². The number of hydrogen-bond acceptors (Lipinski definition) is 3. The first-order chi connectivity index (χ1) is 15.3. The van der Waals surface area contributed by atoms with Gasteiger partial charge in [-0.05, 0) is 35.4 Å². The topological polar surface area (TPSA) is 36.7 Å². The molecular weight excluding hydrogens is 384 g/mol. The SMILES string of the molecule is O=C(c1ccccc1)N1C=C(c2ccccc2)[C@@H](c2ccco2)N1Cc1ccccc1. The molecule has 0 aliphatic carbocycles. The Bertz CT molecular complexity index is 1170. The molecule has 4 nitrogen and oxygen atoms in total. The van der Waals surface area contributed by atoms with Gasteiger partial charge in [-0.3, -0.25) is 4.79 Å². The van der Waals surface area contributed by atoms with Crippen LogP contribution in [0.3, 0.4) is 0 Å². The molecule has 1 aliphatic rings. The van der Waals surface area contributed by atoms with Crippen LogP contribution in [0.5, 0.6) is 0 Å². The summed E-state index contributed by atoms with van der Waals surface area (Å²) in [6, 6.07) is 33.4. The maximum atomic E-state index is 13.5. The van der Waals surface area contributed by atoms with Crippen molar-refractivity contribution in [2.24, 2.45) is 0 Å². The normalized spacial score (nSPS) is 16.3. The van der Waals surface area contributed by atoms with E-state index in [1.807, 2.05) is 85.1 Å². The van der Waals surface area contributed by atoms with Gasteiger partial charge in [-0.1, -0.05) is 78.9 Å². The van der Waals surface area contributed by atoms with Crippen molar-refractivity contribution in [2.45, 2.75) is 12.6 Å². The van der Waals surface area contributed by atoms with Gasteiger partial charge in [-0.25, -0.2) is 5.01 Å². The van der Waals surface area contributed by atoms with Gasteiger partial charge in [0.2, 0.25) is 0 Å². The first-order valence-electron chi connectivity index (χ1n) is 10.3. The van der Waals surface area contributed by atoms with Crippen molar-refractivity contribution in [2.75, 3.05) is 0 Å². The van der Waals surface area contributed by atoms with E-state index in [1.165, 1.54) is 0 Å². The van der Waals surface area contributed by atoms with Gasteiger partial charge in [-0.2, -0.15) is 5.01 Å². The van der Waals surface area contributed by atoms with Gasteiger partial charge in [0, 0.05) is 23.9 Å². The zero-order chi connectivity index (χ0) is 21.0. The Hall–Kier alpha value is -3.89. The lowest BCUT2D eigenvalue weighted by Gasteiger charge is -2.32. The number of benzene rings is 3. The molecular formula is C27H22N2O2. The van der Waals surface area contributed by atoms with E-state index in [9.17, 15) is 4.79 Å². The molecule has 3 aromatic carbocycles. The lowest BCUT2D eigenvalue weighted by molar-refractivity contribution is 0.00643. The molecule has 152 valence electrons. The molecule has 4 aromatic rings. The number of furan rings is 1. The minimum atomic E-state index is -0.217. The predicted molar refractivity (Wildman–Crippen MR) is 120 cm³/mol. The summed E-state index contributed by atoms with van der Waals surface area (Å²) in [6.45, 7) is 0.567. The number of carbonyl (C=O) groups excluding carboxylic acids is 1. The number of hydrazine groups is 1. The molecule has 0 N–H and O–H groups in total. The van der Waals surface area contributed by atoms with Crippen molar-refractivity contribution < 1.29 is 9.21 Å². The van der Waals surface area contributed by atoms with Crippen molar-refractivity contribution in [1.82, 2.24) is 10.0 Å². The van der Waals surface area contributed by atoms with Crippen molar-refractivity contribution in [3.05, 3.63) is 138 Å². The summed E-state index contributed by atoms with van der Waals surface area (Å²) in [6.07, 6.45) is 3.63. The summed E-state index contributed by atoms with van der Waals surface area (Å²) in [7, 11) is 0. The molecule has 0 saturated heterocycles. The molecule has 1 amide bonds. The van der Waals surface area contributed by atoms with Gasteiger partial charge in [0.15, 0.2) is 0 Å². The number of hydrogen-bond donors (Lipinski definition) is 0. The largest absolute Gasteiger partial charge is 0.467 e. The summed E-state index contributed by atoms with van der Waals surface area (Å²) in [5.41, 5.74) is 3.85. The van der Waals surface area contributed by atoms with E-state index in [-0.39, 0.29) is 11.9 Å². The highest BCUT2D eigenvalue weighted by atomic mass is 16.3. The minimum absolute atomic E-state index is 0.0704. The fraction of sp³-hybridized carbons (Fsp3) is 0.0741. The fourth-order valence-corrected chi connectivity index (χ4v) is 4.00. The number of amides is 1. The maximum Gasteiger partial charge on any atom is 0.272 e. The van der Waals surface area contributed by atoms with Crippen LogP contribution in [0.2, 0.25) is 0 Å². The van der Waals surface area contributed by atoms with Crippen LogP contribution in [0.25, 0.3) is 5.57 Å². The highest BCUT2D eigenvalue weighted by Gasteiger charge is 2.39. The van der Waals surface area contributed by atoms with Gasteiger partial charge >= 0.3 is 0 Å². The lowest BCUT2D eigenvalue weighted by atomic mass is 9.98. The molecule has 31 heavy (non-hydrogen) atoms. The van der Waals surface area contributed by atoms with Gasteiger partial charge < -0.3 is 4.42 Å². The first kappa shape index (κ1) is 19.1. The smallest absolute Gasteiger partial charge is 0.272 e. The number of nitrogens with zero attached hydrogens (tertiary/aromatic N) is 2. The molecule has 1 aliphatic heterocycles. The van der Waals surface area contributed by atoms with E-state index >= 15 is 0 Å². The van der Waals surface area contributed by atoms with Gasteiger partial charge in [0.05, 0.1) is 6.26 Å². The van der Waals surface area contributed by atoms with E-state index in [4.69, 9.17) is 4.42 Å². The molecule has 0 radical (unpaired) electrons. The Morgan fingerprint density at radius 3 is 2.06 bits per heavy atom. The summed E-state index contributed by atoms with van der Waals surface area (Å²) in [5, 5.41) is 3.81. The minimum Gasteiger partial charge on any atom is -0.467 e. The van der Waals surface area contributed by atoms with Gasteiger partial charge in [0.25, 0.3) is 5.91 Å². The molecule has 4 heteroatoms. The van der Waals surface area contributed by atoms with Gasteiger partial charge in [-0.15, -0.1) is 0 Å². The van der Waals surface area contributed by atoms with E-state index in [0.29, 0.717) is 12.1 Å². The second kappa shape index (κ2) is 8.46. The summed E-state index contributed by atoms with van der Waals surface area (Å²) >= 11 is 0. The number of rotatable bonds is 5. The zero-order valence-corrected chi connectivity index (χ0v) is 17.0. The second-order valence-corrected chi connectivity index (χ2v) is 7.47. The standard InChI is InChI=1S/C27H22N2O2/c30-27(23-15-8-3-9-16-23)29-20-24(22-13-6-2-7-14-22)26(25-17-10-18-31-25)28(29)19-21-11-4-1-5-12-21/h1-18,20,26H,19H2/t26-/m0/s1. The Morgan fingerprint density at radius 2 is 1.42 bits per heavy atom. The van der Waals surface area contributed by atoms with Crippen molar-refractivity contribution in [3.63, 3.8) is 0 Å². The molecule has 5 rings (SSSR count). The second-order valence-electron chi connectivity index (χ2n) is 7.47. The van der Waals surface area contributed by atoms with Crippen LogP contribution in [0, 0.1) is 0 Å². The molecule has 0 saturated carbocycles. The average molecular weight is 406 g/mol. The Labute approximate surface area is 181 Å². The third-order valence-corrected chi connectivity index (χ3v) is 5.47. The highest BCUT2D eigenvalue weighted by Crippen LogP contribution is 2.43. The Morgan fingerprint density at radius 1 is 0.774 bits per heavy atom. The van der Waals surface area contributed by atoms with Gasteiger partial charge in [0.1, 0.15) is 11.8 Å². The summed E-state index contributed by atoms with van der Waals surface area (Å²) in [5.74, 6) is 0.730. The summed E-state index contributed by atoms with van der Waals surface area (Å²) < 4.78 is 5.85. The van der Waals surface area contributed by atoms with Crippen LogP contribution in [-0.2, 0) is 6.54 Å². The van der Waals surface area contributed by atoms with Crippen molar-refractivity contribution >= 4 is 11.5 Å². The monoisotopic (exact) mass is 406 g/mol. The quantitative estimate of drug-likeness (QED) is 0.412. The lowest BCUT2D eigenvalue weighted by Crippen LogP contribution is -2.40. The third-order valence-electron chi connectivity index (χ3n) is 5.47. The fourth-order valence-electron chi connectivity index (χ4n) is 4.00. The van der Waals surface area contributed by atoms with E-state index in [1.54, 1.807) is 11.3 Å². The van der Waals surface area contributed by atoms with Crippen molar-refractivity contribution in [3.8, 4) is 0 Å². The zero-order valence-electron chi connectivity index (χ0n) is 17.0. The Balaban J connectivity index is 1.62. The van der Waals surface area contributed by atoms with Crippen LogP contribution in [0.1, 0.15) is 33.3 Å². The molecule has 1 aromatic heterocycles. The van der Waals surface area contributed by atoms with Crippen LogP contribution in [0.4, 0.5) is 0 Å². The van der Waals surface area contributed by atoms with E-state index in [2.05, 4.69) is 29.3 Å². The molecule has 0 bridgehead atoms. The van der Waals surface area contributed by atoms with Crippen LogP contribution < -0.4 is 0 Å². The molecule has 1 atom stereocenters. The maximum absolute atomic E-state index is 13.5.